The summed E-state index contributed by atoms with van der Waals surface area (Å²) in [5.74, 6) is -0.250. The number of ether oxygens (including phenoxy) is 1. The summed E-state index contributed by atoms with van der Waals surface area (Å²) in [5, 5.41) is 19.6. The van der Waals surface area contributed by atoms with E-state index in [2.05, 4.69) is 9.71 Å². The molecule has 1 heterocycles. The number of sulfonamides is 1. The molecule has 10 heteroatoms. The average molecular weight is 476 g/mol. The normalized spacial score (nSPS) is 11.5. The lowest BCUT2D eigenvalue weighted by molar-refractivity contribution is -0.136. The number of anilines is 2. The number of aliphatic hydroxyl groups is 1. The molecule has 0 spiro atoms. The van der Waals surface area contributed by atoms with Gasteiger partial charge in [0.1, 0.15) is 12.4 Å². The first-order valence-corrected chi connectivity index (χ1v) is 12.5. The molecule has 0 fully saturated rings. The molecule has 0 radical (unpaired) electrons. The molecule has 0 saturated heterocycles. The van der Waals surface area contributed by atoms with Gasteiger partial charge in [0.15, 0.2) is 0 Å². The molecule has 0 unspecified atom stereocenters. The van der Waals surface area contributed by atoms with Crippen LogP contribution in [0.3, 0.4) is 0 Å². The van der Waals surface area contributed by atoms with Gasteiger partial charge in [-0.3, -0.25) is 9.52 Å². The van der Waals surface area contributed by atoms with Gasteiger partial charge < -0.3 is 24.8 Å². The van der Waals surface area contributed by atoms with E-state index in [0.29, 0.717) is 43.2 Å². The number of hydrogen-bond donors (Lipinski definition) is 4. The van der Waals surface area contributed by atoms with Crippen LogP contribution in [0.5, 0.6) is 5.75 Å². The maximum Gasteiger partial charge on any atom is 0.307 e. The van der Waals surface area contributed by atoms with Gasteiger partial charge in [-0.15, -0.1) is 0 Å². The molecule has 9 nitrogen and oxygen atoms in total. The van der Waals surface area contributed by atoms with Crippen molar-refractivity contribution in [3.8, 4) is 5.75 Å². The minimum atomic E-state index is -3.45. The highest BCUT2D eigenvalue weighted by Crippen LogP contribution is 2.28. The third-order valence-corrected chi connectivity index (χ3v) is 5.78. The first-order valence-electron chi connectivity index (χ1n) is 10.6. The second-order valence-corrected chi connectivity index (χ2v) is 9.41. The molecule has 3 rings (SSSR count). The summed E-state index contributed by atoms with van der Waals surface area (Å²) < 4.78 is 31.8. The zero-order chi connectivity index (χ0) is 24.0. The number of aliphatic carboxylic acids is 1. The van der Waals surface area contributed by atoms with Crippen LogP contribution in [0.2, 0.25) is 0 Å². The third kappa shape index (κ3) is 6.39. The number of nitrogens with one attached hydrogen (secondary N) is 2. The number of benzene rings is 2. The van der Waals surface area contributed by atoms with E-state index in [1.54, 1.807) is 30.3 Å². The molecule has 0 aliphatic heterocycles. The fraction of sp³-hybridized carbons (Fsp3) is 0.348. The van der Waals surface area contributed by atoms with Crippen LogP contribution >= 0.6 is 0 Å². The number of para-hydroxylation sites is 2. The summed E-state index contributed by atoms with van der Waals surface area (Å²) in [5.41, 5.74) is 3.57. The number of carboxylic acid groups (broad SMARTS) is 1. The summed E-state index contributed by atoms with van der Waals surface area (Å²) in [6, 6.07) is 12.5. The van der Waals surface area contributed by atoms with E-state index in [-0.39, 0.29) is 13.0 Å². The van der Waals surface area contributed by atoms with E-state index >= 15 is 0 Å². The standard InChI is InChI=1S/C23H29N3O6S/c1-3-19-18(15-23(28)29)17-9-8-16(14-21(17)24-19)32-13-11-26(10-12-27)22-7-5-4-6-20(22)25-33(2,30)31/h4-9,14,24-25,27H,3,10-13,15H2,1-2H3,(H,28,29). The lowest BCUT2D eigenvalue weighted by Gasteiger charge is -2.26. The topological polar surface area (TPSA) is 132 Å². The van der Waals surface area contributed by atoms with Crippen molar-refractivity contribution in [2.75, 3.05) is 42.2 Å². The molecule has 0 saturated carbocycles. The average Bonchev–Trinajstić information content (AvgIpc) is 3.08. The minimum Gasteiger partial charge on any atom is -0.492 e. The van der Waals surface area contributed by atoms with Gasteiger partial charge in [-0.05, 0) is 36.2 Å². The van der Waals surface area contributed by atoms with Gasteiger partial charge in [0.2, 0.25) is 10.0 Å². The van der Waals surface area contributed by atoms with Crippen LogP contribution in [0.1, 0.15) is 18.2 Å². The fourth-order valence-electron chi connectivity index (χ4n) is 3.82. The zero-order valence-corrected chi connectivity index (χ0v) is 19.5. The van der Waals surface area contributed by atoms with E-state index in [4.69, 9.17) is 4.74 Å². The van der Waals surface area contributed by atoms with Gasteiger partial charge >= 0.3 is 5.97 Å². The van der Waals surface area contributed by atoms with Crippen LogP contribution in [0.25, 0.3) is 10.9 Å². The molecule has 3 aromatic rings. The summed E-state index contributed by atoms with van der Waals surface area (Å²) >= 11 is 0. The Morgan fingerprint density at radius 2 is 1.94 bits per heavy atom. The SMILES string of the molecule is CCc1[nH]c2cc(OCCN(CCO)c3ccccc3NS(C)(=O)=O)ccc2c1CC(=O)O. The van der Waals surface area contributed by atoms with Gasteiger partial charge in [0.05, 0.1) is 37.2 Å². The van der Waals surface area contributed by atoms with Crippen molar-refractivity contribution < 1.29 is 28.2 Å². The van der Waals surface area contributed by atoms with Crippen LogP contribution in [-0.2, 0) is 27.7 Å². The second-order valence-electron chi connectivity index (χ2n) is 7.66. The summed E-state index contributed by atoms with van der Waals surface area (Å²) in [6.07, 6.45) is 1.75. The Kier molecular flexibility index (Phi) is 7.83. The number of rotatable bonds is 12. The third-order valence-electron chi connectivity index (χ3n) is 5.19. The quantitative estimate of drug-likeness (QED) is 0.317. The molecule has 33 heavy (non-hydrogen) atoms. The van der Waals surface area contributed by atoms with Crippen molar-refractivity contribution >= 4 is 38.3 Å². The second kappa shape index (κ2) is 10.6. The summed E-state index contributed by atoms with van der Waals surface area (Å²) in [7, 11) is -3.45. The van der Waals surface area contributed by atoms with E-state index in [0.717, 1.165) is 28.4 Å². The Bertz CT molecular complexity index is 1220. The molecule has 1 aromatic heterocycles. The molecule has 0 aliphatic carbocycles. The highest BCUT2D eigenvalue weighted by molar-refractivity contribution is 7.92. The van der Waals surface area contributed by atoms with Crippen LogP contribution in [-0.4, -0.2) is 62.1 Å². The van der Waals surface area contributed by atoms with Gasteiger partial charge in [-0.2, -0.15) is 0 Å². The number of carbonyl (C=O) groups is 1. The Balaban J connectivity index is 1.74. The molecule has 0 aliphatic rings. The van der Waals surface area contributed by atoms with Crippen LogP contribution in [0, 0.1) is 0 Å². The molecule has 178 valence electrons. The maximum atomic E-state index is 11.7. The largest absolute Gasteiger partial charge is 0.492 e. The lowest BCUT2D eigenvalue weighted by atomic mass is 10.1. The molecular formula is C23H29N3O6S. The number of nitrogens with zero attached hydrogens (tertiary/aromatic N) is 1. The van der Waals surface area contributed by atoms with Gasteiger partial charge in [0.25, 0.3) is 0 Å². The highest BCUT2D eigenvalue weighted by atomic mass is 32.2. The first-order chi connectivity index (χ1) is 15.7. The van der Waals surface area contributed by atoms with Gasteiger partial charge in [0, 0.05) is 29.2 Å². The number of carboxylic acids is 1. The monoisotopic (exact) mass is 475 g/mol. The van der Waals surface area contributed by atoms with E-state index < -0.39 is 16.0 Å². The molecular weight excluding hydrogens is 446 g/mol. The fourth-order valence-corrected chi connectivity index (χ4v) is 4.39. The van der Waals surface area contributed by atoms with Crippen molar-refractivity contribution in [3.05, 3.63) is 53.7 Å². The minimum absolute atomic E-state index is 0.0412. The van der Waals surface area contributed by atoms with Gasteiger partial charge in [-0.1, -0.05) is 19.1 Å². The lowest BCUT2D eigenvalue weighted by Crippen LogP contribution is -2.32. The van der Waals surface area contributed by atoms with Crippen LogP contribution < -0.4 is 14.4 Å². The highest BCUT2D eigenvalue weighted by Gasteiger charge is 2.15. The number of fused-ring (bicyclic) bond motifs is 1. The van der Waals surface area contributed by atoms with E-state index in [1.807, 2.05) is 24.0 Å². The van der Waals surface area contributed by atoms with Crippen molar-refractivity contribution in [1.29, 1.82) is 0 Å². The van der Waals surface area contributed by atoms with Crippen molar-refractivity contribution in [3.63, 3.8) is 0 Å². The zero-order valence-electron chi connectivity index (χ0n) is 18.7. The Labute approximate surface area is 193 Å². The summed E-state index contributed by atoms with van der Waals surface area (Å²) in [6.45, 7) is 2.88. The summed E-state index contributed by atoms with van der Waals surface area (Å²) in [4.78, 5) is 16.4. The van der Waals surface area contributed by atoms with Crippen LogP contribution in [0.4, 0.5) is 11.4 Å². The predicted molar refractivity (Wildman–Crippen MR) is 129 cm³/mol. The van der Waals surface area contributed by atoms with Crippen molar-refractivity contribution in [2.45, 2.75) is 19.8 Å². The van der Waals surface area contributed by atoms with Gasteiger partial charge in [-0.25, -0.2) is 8.42 Å². The first kappa shape index (κ1) is 24.4. The van der Waals surface area contributed by atoms with Crippen LogP contribution in [0.15, 0.2) is 42.5 Å². The molecule has 2 aromatic carbocycles. The molecule has 0 amide bonds. The van der Waals surface area contributed by atoms with E-state index in [1.165, 1.54) is 0 Å². The predicted octanol–water partition coefficient (Wildman–Crippen LogP) is 2.61. The molecule has 0 atom stereocenters. The molecule has 4 N–H and O–H groups in total. The van der Waals surface area contributed by atoms with Crippen molar-refractivity contribution in [2.24, 2.45) is 0 Å². The Morgan fingerprint density at radius 3 is 2.61 bits per heavy atom. The number of hydrogen-bond acceptors (Lipinski definition) is 6. The number of aryl methyl sites for hydroxylation is 1. The number of H-pyrrole nitrogens is 1. The molecule has 0 bridgehead atoms. The number of aliphatic hydroxyl groups excluding tert-OH is 1. The Hall–Kier alpha value is -3.24. The van der Waals surface area contributed by atoms with Crippen molar-refractivity contribution in [1.82, 2.24) is 4.98 Å². The number of aromatic nitrogens is 1. The smallest absolute Gasteiger partial charge is 0.307 e. The maximum absolute atomic E-state index is 11.7. The Morgan fingerprint density at radius 1 is 1.18 bits per heavy atom. The van der Waals surface area contributed by atoms with E-state index in [9.17, 15) is 23.4 Å². The number of aromatic amines is 1.